The third-order valence-corrected chi connectivity index (χ3v) is 6.59. The molecule has 1 aliphatic carbocycles. The quantitative estimate of drug-likeness (QED) is 0.502. The number of aromatic nitrogens is 4. The molecule has 0 aliphatic heterocycles. The first-order chi connectivity index (χ1) is 15.1. The molecule has 7 heteroatoms. The monoisotopic (exact) mass is 418 g/mol. The summed E-state index contributed by atoms with van der Waals surface area (Å²) >= 11 is 0. The molecule has 0 unspecified atom stereocenters. The predicted molar refractivity (Wildman–Crippen MR) is 119 cm³/mol. The minimum absolute atomic E-state index is 0.0206. The highest BCUT2D eigenvalue weighted by Crippen LogP contribution is 2.36. The Bertz CT molecular complexity index is 1330. The van der Waals surface area contributed by atoms with E-state index in [-0.39, 0.29) is 17.7 Å². The molecule has 160 valence electrons. The van der Waals surface area contributed by atoms with Crippen LogP contribution in [0.3, 0.4) is 0 Å². The second-order valence-electron chi connectivity index (χ2n) is 8.49. The summed E-state index contributed by atoms with van der Waals surface area (Å²) in [4.78, 5) is 33.4. The summed E-state index contributed by atoms with van der Waals surface area (Å²) in [5, 5.41) is 0.967. The first kappa shape index (κ1) is 19.6. The molecule has 0 spiro atoms. The highest BCUT2D eigenvalue weighted by molar-refractivity contribution is 6.01. The van der Waals surface area contributed by atoms with Crippen molar-refractivity contribution in [2.45, 2.75) is 45.2 Å². The zero-order chi connectivity index (χ0) is 21.5. The molecule has 1 aliphatic rings. The number of carbonyl (C=O) groups is 1. The normalized spacial score (nSPS) is 19.2. The van der Waals surface area contributed by atoms with Gasteiger partial charge in [0.25, 0.3) is 0 Å². The number of ether oxygens (including phenoxy) is 1. The van der Waals surface area contributed by atoms with E-state index in [1.54, 1.807) is 22.9 Å². The Kier molecular flexibility index (Phi) is 4.88. The molecule has 0 saturated heterocycles. The van der Waals surface area contributed by atoms with Crippen LogP contribution in [0.15, 0.2) is 47.5 Å². The number of H-pyrrole nitrogens is 1. The fraction of sp³-hybridized carbons (Fsp3) is 0.375. The highest BCUT2D eigenvalue weighted by Gasteiger charge is 2.28. The first-order valence-corrected chi connectivity index (χ1v) is 10.8. The van der Waals surface area contributed by atoms with Crippen LogP contribution in [0.1, 0.15) is 54.6 Å². The van der Waals surface area contributed by atoms with E-state index in [4.69, 9.17) is 4.74 Å². The summed E-state index contributed by atoms with van der Waals surface area (Å²) in [7, 11) is 1.37. The van der Waals surface area contributed by atoms with Gasteiger partial charge < -0.3 is 9.72 Å². The topological polar surface area (TPSA) is 81.9 Å². The molecular formula is C24H26N4O3. The van der Waals surface area contributed by atoms with E-state index in [2.05, 4.69) is 16.9 Å². The summed E-state index contributed by atoms with van der Waals surface area (Å²) < 4.78 is 8.63. The lowest BCUT2D eigenvalue weighted by molar-refractivity contribution is 0.0600. The van der Waals surface area contributed by atoms with E-state index in [1.807, 2.05) is 29.0 Å². The largest absolute Gasteiger partial charge is 0.465 e. The van der Waals surface area contributed by atoms with Crippen molar-refractivity contribution in [1.29, 1.82) is 0 Å². The molecule has 1 saturated carbocycles. The van der Waals surface area contributed by atoms with E-state index in [0.29, 0.717) is 18.0 Å². The van der Waals surface area contributed by atoms with Gasteiger partial charge in [-0.3, -0.25) is 9.13 Å². The van der Waals surface area contributed by atoms with Crippen molar-refractivity contribution in [3.8, 4) is 0 Å². The third kappa shape index (κ3) is 3.24. The van der Waals surface area contributed by atoms with Gasteiger partial charge in [-0.2, -0.15) is 0 Å². The molecule has 3 heterocycles. The molecule has 1 aromatic carbocycles. The van der Waals surface area contributed by atoms with Gasteiger partial charge >= 0.3 is 11.7 Å². The minimum Gasteiger partial charge on any atom is -0.465 e. The summed E-state index contributed by atoms with van der Waals surface area (Å²) in [6.45, 7) is 2.61. The molecule has 0 amide bonds. The van der Waals surface area contributed by atoms with Crippen LogP contribution in [-0.2, 0) is 11.3 Å². The van der Waals surface area contributed by atoms with Gasteiger partial charge in [-0.15, -0.1) is 0 Å². The fourth-order valence-corrected chi connectivity index (χ4v) is 5.00. The second kappa shape index (κ2) is 7.72. The first-order valence-electron chi connectivity index (χ1n) is 10.8. The molecule has 0 radical (unpaired) electrons. The molecule has 1 N–H and O–H groups in total. The number of carbonyl (C=O) groups excluding carboxylic acids is 1. The molecular weight excluding hydrogens is 392 g/mol. The van der Waals surface area contributed by atoms with Gasteiger partial charge in [0.05, 0.1) is 36.4 Å². The lowest BCUT2D eigenvalue weighted by Gasteiger charge is -2.29. The molecule has 7 nitrogen and oxygen atoms in total. The maximum atomic E-state index is 13.8. The van der Waals surface area contributed by atoms with Crippen molar-refractivity contribution in [3.05, 3.63) is 64.3 Å². The van der Waals surface area contributed by atoms with Crippen molar-refractivity contribution in [3.63, 3.8) is 0 Å². The van der Waals surface area contributed by atoms with Crippen LogP contribution in [0.5, 0.6) is 0 Å². The van der Waals surface area contributed by atoms with Crippen molar-refractivity contribution < 1.29 is 9.53 Å². The Morgan fingerprint density at radius 2 is 2.10 bits per heavy atom. The van der Waals surface area contributed by atoms with Gasteiger partial charge in [-0.25, -0.2) is 14.6 Å². The summed E-state index contributed by atoms with van der Waals surface area (Å²) in [5.41, 5.74) is 3.87. The van der Waals surface area contributed by atoms with Gasteiger partial charge in [0.15, 0.2) is 0 Å². The number of esters is 1. The lowest BCUT2D eigenvalue weighted by atomic mass is 9.85. The number of aromatic amines is 1. The van der Waals surface area contributed by atoms with E-state index in [9.17, 15) is 9.59 Å². The van der Waals surface area contributed by atoms with Crippen molar-refractivity contribution in [2.75, 3.05) is 7.11 Å². The zero-order valence-electron chi connectivity index (χ0n) is 17.8. The number of methoxy groups -OCH3 is 1. The molecule has 1 fully saturated rings. The Labute approximate surface area is 179 Å². The van der Waals surface area contributed by atoms with Crippen LogP contribution in [-0.4, -0.2) is 32.2 Å². The standard InChI is InChI=1S/C24H26N4O3/c1-15-6-3-4-9-19(15)28-21-18-10-11-25-22(18)26-13-20(21)27(24(28)30)14-16-7-5-8-17(12-16)23(29)31-2/h5,7-8,10-13,15,19H,3-4,6,9,14H2,1-2H3,(H,25,26)/t15-,19+/m1/s1. The Hall–Kier alpha value is -3.35. The van der Waals surface area contributed by atoms with Crippen molar-refractivity contribution in [2.24, 2.45) is 5.92 Å². The van der Waals surface area contributed by atoms with Crippen LogP contribution < -0.4 is 5.69 Å². The average molecular weight is 418 g/mol. The summed E-state index contributed by atoms with van der Waals surface area (Å²) in [6, 6.07) is 9.41. The lowest BCUT2D eigenvalue weighted by Crippen LogP contribution is -2.32. The van der Waals surface area contributed by atoms with Crippen molar-refractivity contribution >= 4 is 28.0 Å². The van der Waals surface area contributed by atoms with Gasteiger partial charge in [0.1, 0.15) is 5.65 Å². The van der Waals surface area contributed by atoms with Crippen LogP contribution in [0.25, 0.3) is 22.1 Å². The smallest absolute Gasteiger partial charge is 0.337 e. The highest BCUT2D eigenvalue weighted by atomic mass is 16.5. The molecule has 3 aromatic heterocycles. The summed E-state index contributed by atoms with van der Waals surface area (Å²) in [6.07, 6.45) is 8.14. The van der Waals surface area contributed by atoms with E-state index in [1.165, 1.54) is 13.5 Å². The third-order valence-electron chi connectivity index (χ3n) is 6.59. The van der Waals surface area contributed by atoms with Gasteiger partial charge in [-0.05, 0) is 42.5 Å². The number of benzene rings is 1. The molecule has 5 rings (SSSR count). The van der Waals surface area contributed by atoms with E-state index < -0.39 is 0 Å². The molecule has 4 aromatic rings. The second-order valence-corrected chi connectivity index (χ2v) is 8.49. The number of nitrogens with one attached hydrogen (secondary N) is 1. The van der Waals surface area contributed by atoms with Crippen LogP contribution >= 0.6 is 0 Å². The predicted octanol–water partition coefficient (Wildman–Crippen LogP) is 4.27. The molecule has 31 heavy (non-hydrogen) atoms. The zero-order valence-corrected chi connectivity index (χ0v) is 17.8. The number of nitrogens with zero attached hydrogens (tertiary/aromatic N) is 3. The van der Waals surface area contributed by atoms with E-state index >= 15 is 0 Å². The molecule has 0 bridgehead atoms. The van der Waals surface area contributed by atoms with Gasteiger partial charge in [-0.1, -0.05) is 31.9 Å². The minimum atomic E-state index is -0.386. The molecule has 2 atom stereocenters. The number of imidazole rings is 1. The Morgan fingerprint density at radius 3 is 2.90 bits per heavy atom. The maximum Gasteiger partial charge on any atom is 0.337 e. The van der Waals surface area contributed by atoms with Crippen LogP contribution in [0.4, 0.5) is 0 Å². The Balaban J connectivity index is 1.70. The SMILES string of the molecule is COC(=O)c1cccc(Cn2c(=O)n([C@H]3CCCC[C@H]3C)c3c4cc[nH]c4ncc32)c1. The Morgan fingerprint density at radius 1 is 1.26 bits per heavy atom. The average Bonchev–Trinajstić information content (AvgIpc) is 3.37. The number of rotatable bonds is 4. The number of pyridine rings is 1. The number of fused-ring (bicyclic) bond motifs is 3. The van der Waals surface area contributed by atoms with Gasteiger partial charge in [0, 0.05) is 17.6 Å². The number of hydrogen-bond acceptors (Lipinski definition) is 4. The number of hydrogen-bond donors (Lipinski definition) is 1. The fourth-order valence-electron chi connectivity index (χ4n) is 5.00. The van der Waals surface area contributed by atoms with E-state index in [0.717, 1.165) is 46.9 Å². The van der Waals surface area contributed by atoms with Crippen LogP contribution in [0.2, 0.25) is 0 Å². The maximum absolute atomic E-state index is 13.8. The van der Waals surface area contributed by atoms with Gasteiger partial charge in [0.2, 0.25) is 0 Å². The van der Waals surface area contributed by atoms with Crippen molar-refractivity contribution in [1.82, 2.24) is 19.1 Å². The summed E-state index contributed by atoms with van der Waals surface area (Å²) in [5.74, 6) is 0.0543. The van der Waals surface area contributed by atoms with Crippen LogP contribution in [0, 0.1) is 5.92 Å².